The summed E-state index contributed by atoms with van der Waals surface area (Å²) in [6.07, 6.45) is 4.71. The lowest BCUT2D eigenvalue weighted by molar-refractivity contribution is 0.658. The van der Waals surface area contributed by atoms with Crippen LogP contribution in [-0.4, -0.2) is 25.7 Å². The number of aromatic nitrogens is 4. The van der Waals surface area contributed by atoms with E-state index in [1.165, 1.54) is 9.08 Å². The Kier molecular flexibility index (Phi) is 3.50. The fourth-order valence-corrected chi connectivity index (χ4v) is 2.07. The molecule has 0 amide bonds. The van der Waals surface area contributed by atoms with E-state index in [9.17, 15) is 4.79 Å². The molecule has 3 rings (SSSR count). The Morgan fingerprint density at radius 1 is 1.29 bits per heavy atom. The van der Waals surface area contributed by atoms with E-state index in [1.54, 1.807) is 18.6 Å². The van der Waals surface area contributed by atoms with E-state index in [0.717, 1.165) is 11.1 Å². The number of nitrogens with two attached hydrogens (primary N) is 1. The van der Waals surface area contributed by atoms with Crippen LogP contribution in [-0.2, 0) is 6.54 Å². The zero-order chi connectivity index (χ0) is 14.7. The van der Waals surface area contributed by atoms with Crippen molar-refractivity contribution in [2.45, 2.75) is 6.54 Å². The molecule has 0 radical (unpaired) electrons. The predicted molar refractivity (Wildman–Crippen MR) is 78.7 cm³/mol. The SMILES string of the molecule is NCC#Cc1ccccc1Cn1nc2cnccn2c1=O. The van der Waals surface area contributed by atoms with Crippen LogP contribution >= 0.6 is 0 Å². The van der Waals surface area contributed by atoms with Crippen molar-refractivity contribution in [2.75, 3.05) is 6.54 Å². The van der Waals surface area contributed by atoms with Crippen LogP contribution in [0.3, 0.4) is 0 Å². The van der Waals surface area contributed by atoms with Crippen LogP contribution in [0, 0.1) is 11.8 Å². The fourth-order valence-electron chi connectivity index (χ4n) is 2.07. The highest BCUT2D eigenvalue weighted by Gasteiger charge is 2.08. The van der Waals surface area contributed by atoms with E-state index in [1.807, 2.05) is 24.3 Å². The summed E-state index contributed by atoms with van der Waals surface area (Å²) in [5.41, 5.74) is 7.50. The van der Waals surface area contributed by atoms with Crippen LogP contribution in [0.5, 0.6) is 0 Å². The lowest BCUT2D eigenvalue weighted by Crippen LogP contribution is -2.22. The van der Waals surface area contributed by atoms with Crippen molar-refractivity contribution < 1.29 is 0 Å². The molecule has 0 bridgehead atoms. The number of nitrogens with zero attached hydrogens (tertiary/aromatic N) is 4. The second-order valence-corrected chi connectivity index (χ2v) is 4.41. The zero-order valence-electron chi connectivity index (χ0n) is 11.2. The molecule has 0 unspecified atom stereocenters. The molecule has 0 aliphatic carbocycles. The van der Waals surface area contributed by atoms with Crippen molar-refractivity contribution in [3.63, 3.8) is 0 Å². The van der Waals surface area contributed by atoms with Gasteiger partial charge in [0.05, 0.1) is 19.3 Å². The summed E-state index contributed by atoms with van der Waals surface area (Å²) < 4.78 is 2.86. The Labute approximate surface area is 120 Å². The first-order valence-corrected chi connectivity index (χ1v) is 6.45. The van der Waals surface area contributed by atoms with Gasteiger partial charge in [-0.1, -0.05) is 30.0 Å². The highest BCUT2D eigenvalue weighted by molar-refractivity contribution is 5.41. The Balaban J connectivity index is 2.03. The van der Waals surface area contributed by atoms with Crippen LogP contribution in [0.2, 0.25) is 0 Å². The Bertz CT molecular complexity index is 897. The lowest BCUT2D eigenvalue weighted by atomic mass is 10.1. The highest BCUT2D eigenvalue weighted by atomic mass is 16.2. The molecule has 6 nitrogen and oxygen atoms in total. The smallest absolute Gasteiger partial charge is 0.320 e. The monoisotopic (exact) mass is 279 g/mol. The van der Waals surface area contributed by atoms with Crippen molar-refractivity contribution in [2.24, 2.45) is 5.73 Å². The van der Waals surface area contributed by atoms with Gasteiger partial charge in [0.15, 0.2) is 5.65 Å². The minimum absolute atomic E-state index is 0.200. The van der Waals surface area contributed by atoms with Crippen LogP contribution in [0.1, 0.15) is 11.1 Å². The molecule has 0 aliphatic heterocycles. The third-order valence-electron chi connectivity index (χ3n) is 3.05. The molecule has 0 spiro atoms. The summed E-state index contributed by atoms with van der Waals surface area (Å²) in [5.74, 6) is 5.84. The molecular weight excluding hydrogens is 266 g/mol. The normalized spacial score (nSPS) is 10.3. The van der Waals surface area contributed by atoms with Gasteiger partial charge in [0.25, 0.3) is 0 Å². The van der Waals surface area contributed by atoms with Gasteiger partial charge in [0.1, 0.15) is 0 Å². The average Bonchev–Trinajstić information content (AvgIpc) is 2.83. The second-order valence-electron chi connectivity index (χ2n) is 4.41. The molecule has 21 heavy (non-hydrogen) atoms. The largest absolute Gasteiger partial charge is 0.350 e. The maximum Gasteiger partial charge on any atom is 0.350 e. The molecule has 0 atom stereocenters. The van der Waals surface area contributed by atoms with Crippen LogP contribution in [0.15, 0.2) is 47.7 Å². The number of hydrogen-bond donors (Lipinski definition) is 1. The van der Waals surface area contributed by atoms with Gasteiger partial charge in [-0.3, -0.25) is 4.98 Å². The Morgan fingerprint density at radius 2 is 2.14 bits per heavy atom. The number of rotatable bonds is 2. The molecule has 2 heterocycles. The zero-order valence-corrected chi connectivity index (χ0v) is 11.2. The molecule has 1 aromatic carbocycles. The first kappa shape index (κ1) is 13.1. The lowest BCUT2D eigenvalue weighted by Gasteiger charge is -2.03. The quantitative estimate of drug-likeness (QED) is 0.682. The molecule has 6 heteroatoms. The average molecular weight is 279 g/mol. The maximum atomic E-state index is 12.2. The van der Waals surface area contributed by atoms with Gasteiger partial charge < -0.3 is 5.73 Å². The minimum atomic E-state index is -0.200. The molecule has 104 valence electrons. The molecule has 0 fully saturated rings. The summed E-state index contributed by atoms with van der Waals surface area (Å²) in [7, 11) is 0. The number of hydrogen-bond acceptors (Lipinski definition) is 4. The minimum Gasteiger partial charge on any atom is -0.320 e. The number of fused-ring (bicyclic) bond motifs is 1. The van der Waals surface area contributed by atoms with E-state index >= 15 is 0 Å². The third kappa shape index (κ3) is 2.55. The first-order chi connectivity index (χ1) is 10.3. The van der Waals surface area contributed by atoms with Gasteiger partial charge in [-0.05, 0) is 11.6 Å². The molecule has 0 saturated heterocycles. The van der Waals surface area contributed by atoms with Crippen LogP contribution in [0.25, 0.3) is 5.65 Å². The van der Waals surface area contributed by atoms with Gasteiger partial charge in [0.2, 0.25) is 0 Å². The van der Waals surface area contributed by atoms with Gasteiger partial charge >= 0.3 is 5.69 Å². The molecule has 0 aliphatic rings. The van der Waals surface area contributed by atoms with Crippen molar-refractivity contribution in [1.29, 1.82) is 0 Å². The van der Waals surface area contributed by atoms with Crippen molar-refractivity contribution in [3.05, 3.63) is 64.5 Å². The molecular formula is C15H13N5O. The molecule has 2 aromatic heterocycles. The van der Waals surface area contributed by atoms with E-state index < -0.39 is 0 Å². The molecule has 3 aromatic rings. The van der Waals surface area contributed by atoms with Gasteiger partial charge in [-0.25, -0.2) is 13.9 Å². The summed E-state index contributed by atoms with van der Waals surface area (Å²) in [6.45, 7) is 0.657. The van der Waals surface area contributed by atoms with E-state index in [0.29, 0.717) is 18.7 Å². The van der Waals surface area contributed by atoms with Crippen molar-refractivity contribution in [1.82, 2.24) is 19.2 Å². The second kappa shape index (κ2) is 5.61. The van der Waals surface area contributed by atoms with Crippen LogP contribution < -0.4 is 11.4 Å². The van der Waals surface area contributed by atoms with Gasteiger partial charge in [-0.2, -0.15) is 0 Å². The fraction of sp³-hybridized carbons (Fsp3) is 0.133. The standard InChI is InChI=1S/C15H13N5O/c16-7-3-6-12-4-1-2-5-13(12)11-20-15(21)19-9-8-17-10-14(19)18-20/h1-2,4-5,8-10H,7,11,16H2. The number of benzene rings is 1. The van der Waals surface area contributed by atoms with Gasteiger partial charge in [-0.15, -0.1) is 5.10 Å². The summed E-state index contributed by atoms with van der Waals surface area (Å²) in [4.78, 5) is 16.2. The summed E-state index contributed by atoms with van der Waals surface area (Å²) in [5, 5.41) is 4.26. The highest BCUT2D eigenvalue weighted by Crippen LogP contribution is 2.08. The predicted octanol–water partition coefficient (Wildman–Crippen LogP) is 0.249. The van der Waals surface area contributed by atoms with E-state index in [4.69, 9.17) is 5.73 Å². The summed E-state index contributed by atoms with van der Waals surface area (Å²) >= 11 is 0. The van der Waals surface area contributed by atoms with E-state index in [2.05, 4.69) is 21.9 Å². The molecule has 0 saturated carbocycles. The van der Waals surface area contributed by atoms with Crippen molar-refractivity contribution in [3.8, 4) is 11.8 Å². The summed E-state index contributed by atoms with van der Waals surface area (Å²) in [6, 6.07) is 7.64. The Hall–Kier alpha value is -2.91. The Morgan fingerprint density at radius 3 is 2.95 bits per heavy atom. The molecule has 2 N–H and O–H groups in total. The maximum absolute atomic E-state index is 12.2. The van der Waals surface area contributed by atoms with Crippen molar-refractivity contribution >= 4 is 5.65 Å². The van der Waals surface area contributed by atoms with Gasteiger partial charge in [0, 0.05) is 18.0 Å². The topological polar surface area (TPSA) is 78.2 Å². The van der Waals surface area contributed by atoms with E-state index in [-0.39, 0.29) is 5.69 Å². The first-order valence-electron chi connectivity index (χ1n) is 6.45. The van der Waals surface area contributed by atoms with Crippen LogP contribution in [0.4, 0.5) is 0 Å². The third-order valence-corrected chi connectivity index (χ3v) is 3.05.